The first kappa shape index (κ1) is 27.0. The van der Waals surface area contributed by atoms with Crippen LogP contribution in [0.15, 0.2) is 23.1 Å². The van der Waals surface area contributed by atoms with Gasteiger partial charge in [-0.25, -0.2) is 4.98 Å². The van der Waals surface area contributed by atoms with Crippen molar-refractivity contribution in [1.29, 1.82) is 0 Å². The average molecular weight is 549 g/mol. The summed E-state index contributed by atoms with van der Waals surface area (Å²) in [5.41, 5.74) is 0.881. The van der Waals surface area contributed by atoms with Crippen LogP contribution in [-0.2, 0) is 11.3 Å². The van der Waals surface area contributed by atoms with E-state index in [0.29, 0.717) is 72.2 Å². The van der Waals surface area contributed by atoms with Gasteiger partial charge >= 0.3 is 0 Å². The summed E-state index contributed by atoms with van der Waals surface area (Å²) in [6.45, 7) is 6.82. The molecule has 10 nitrogen and oxygen atoms in total. The zero-order chi connectivity index (χ0) is 26.5. The maximum atomic E-state index is 13.9. The molecule has 1 fully saturated rings. The fraction of sp³-hybridized carbons (Fsp3) is 0.440. The molecule has 12 heteroatoms. The molecule has 198 valence electrons. The lowest BCUT2D eigenvalue weighted by atomic mass is 10.0. The van der Waals surface area contributed by atoms with Gasteiger partial charge in [-0.2, -0.15) is 4.98 Å². The number of benzene rings is 1. The van der Waals surface area contributed by atoms with Gasteiger partial charge in [0.2, 0.25) is 12.4 Å². The normalized spacial score (nSPS) is 14.1. The molecule has 37 heavy (non-hydrogen) atoms. The number of amides is 1. The molecule has 1 aromatic carbocycles. The third-order valence-electron chi connectivity index (χ3n) is 6.42. The quantitative estimate of drug-likeness (QED) is 0.384. The number of methoxy groups -OCH3 is 2. The van der Waals surface area contributed by atoms with Crippen molar-refractivity contribution in [3.8, 4) is 22.6 Å². The molecule has 0 unspecified atom stereocenters. The SMILES string of the molecule is CCNc1ncc2cc(-c3c(Cl)c(OC)cc(OC)c3Cl)c(=O)n(CCCN3CCN(C=O)CC3)c2n1. The molecule has 0 bridgehead atoms. The van der Waals surface area contributed by atoms with Gasteiger partial charge in [-0.1, -0.05) is 23.2 Å². The lowest BCUT2D eigenvalue weighted by molar-refractivity contribution is -0.119. The maximum absolute atomic E-state index is 13.9. The van der Waals surface area contributed by atoms with Gasteiger partial charge in [0.15, 0.2) is 0 Å². The molecule has 0 aliphatic carbocycles. The van der Waals surface area contributed by atoms with Crippen LogP contribution in [0.1, 0.15) is 13.3 Å². The molecule has 0 saturated carbocycles. The zero-order valence-corrected chi connectivity index (χ0v) is 22.6. The Balaban J connectivity index is 1.77. The van der Waals surface area contributed by atoms with Crippen LogP contribution in [0, 0.1) is 0 Å². The monoisotopic (exact) mass is 548 g/mol. The van der Waals surface area contributed by atoms with Crippen molar-refractivity contribution in [1.82, 2.24) is 24.3 Å². The summed E-state index contributed by atoms with van der Waals surface area (Å²) < 4.78 is 12.5. The van der Waals surface area contributed by atoms with Gasteiger partial charge < -0.3 is 19.7 Å². The Bertz CT molecular complexity index is 1310. The number of aromatic nitrogens is 3. The zero-order valence-electron chi connectivity index (χ0n) is 21.1. The number of ether oxygens (including phenoxy) is 2. The summed E-state index contributed by atoms with van der Waals surface area (Å²) in [7, 11) is 2.98. The highest BCUT2D eigenvalue weighted by molar-refractivity contribution is 6.41. The second kappa shape index (κ2) is 12.0. The van der Waals surface area contributed by atoms with Crippen LogP contribution in [0.4, 0.5) is 5.95 Å². The highest BCUT2D eigenvalue weighted by Gasteiger charge is 2.23. The molecular formula is C25H30Cl2N6O4. The van der Waals surface area contributed by atoms with Crippen LogP contribution in [0.5, 0.6) is 11.5 Å². The molecule has 1 aliphatic heterocycles. The van der Waals surface area contributed by atoms with Gasteiger partial charge in [0, 0.05) is 62.5 Å². The third kappa shape index (κ3) is 5.61. The molecular weight excluding hydrogens is 519 g/mol. The van der Waals surface area contributed by atoms with Gasteiger partial charge in [0.1, 0.15) is 17.1 Å². The third-order valence-corrected chi connectivity index (χ3v) is 7.17. The van der Waals surface area contributed by atoms with E-state index in [4.69, 9.17) is 32.7 Å². The molecule has 0 spiro atoms. The Hall–Kier alpha value is -3.08. The number of hydrogen-bond acceptors (Lipinski definition) is 8. The molecule has 4 rings (SSSR count). The Morgan fingerprint density at radius 1 is 1.05 bits per heavy atom. The van der Waals surface area contributed by atoms with Crippen molar-refractivity contribution in [2.45, 2.75) is 19.9 Å². The summed E-state index contributed by atoms with van der Waals surface area (Å²) in [5.74, 6) is 1.13. The Morgan fingerprint density at radius 3 is 2.32 bits per heavy atom. The highest BCUT2D eigenvalue weighted by atomic mass is 35.5. The predicted octanol–water partition coefficient (Wildman–Crippen LogP) is 3.38. The Labute approximate surface area is 225 Å². The van der Waals surface area contributed by atoms with E-state index in [0.717, 1.165) is 26.0 Å². The molecule has 2 aromatic heterocycles. The largest absolute Gasteiger partial charge is 0.495 e. The van der Waals surface area contributed by atoms with E-state index >= 15 is 0 Å². The standard InChI is InChI=1S/C25H30Cl2N6O4/c1-4-28-25-29-14-16-12-17(20-21(26)18(36-2)13-19(37-3)22(20)27)24(35)33(23(16)30-25)7-5-6-31-8-10-32(15-34)11-9-31/h12-15H,4-11H2,1-3H3,(H,28,29,30). The van der Waals surface area contributed by atoms with Crippen molar-refractivity contribution in [2.24, 2.45) is 0 Å². The van der Waals surface area contributed by atoms with E-state index in [1.807, 2.05) is 6.92 Å². The van der Waals surface area contributed by atoms with Crippen molar-refractivity contribution in [3.63, 3.8) is 0 Å². The van der Waals surface area contributed by atoms with Crippen LogP contribution in [-0.4, -0.2) is 84.2 Å². The lowest BCUT2D eigenvalue weighted by Gasteiger charge is -2.32. The number of piperazine rings is 1. The van der Waals surface area contributed by atoms with E-state index in [-0.39, 0.29) is 15.6 Å². The van der Waals surface area contributed by atoms with Crippen LogP contribution >= 0.6 is 23.2 Å². The second-order valence-electron chi connectivity index (χ2n) is 8.64. The van der Waals surface area contributed by atoms with Crippen LogP contribution in [0.2, 0.25) is 10.0 Å². The summed E-state index contributed by atoms with van der Waals surface area (Å²) in [5, 5.41) is 4.21. The van der Waals surface area contributed by atoms with Gasteiger partial charge in [0.05, 0.1) is 29.8 Å². The van der Waals surface area contributed by atoms with Crippen molar-refractivity contribution in [3.05, 3.63) is 38.7 Å². The summed E-state index contributed by atoms with van der Waals surface area (Å²) >= 11 is 13.3. The number of pyridine rings is 1. The summed E-state index contributed by atoms with van der Waals surface area (Å²) in [6, 6.07) is 3.29. The van der Waals surface area contributed by atoms with E-state index in [1.54, 1.807) is 27.8 Å². The molecule has 0 atom stereocenters. The molecule has 1 saturated heterocycles. The first-order valence-electron chi connectivity index (χ1n) is 12.1. The first-order chi connectivity index (χ1) is 17.9. The number of nitrogens with zero attached hydrogens (tertiary/aromatic N) is 5. The van der Waals surface area contributed by atoms with E-state index < -0.39 is 0 Å². The number of anilines is 1. The molecule has 1 aliphatic rings. The van der Waals surface area contributed by atoms with Gasteiger partial charge in [-0.3, -0.25) is 19.1 Å². The number of hydrogen-bond donors (Lipinski definition) is 1. The first-order valence-corrected chi connectivity index (χ1v) is 12.8. The number of rotatable bonds is 10. The molecule has 0 radical (unpaired) electrons. The van der Waals surface area contributed by atoms with E-state index in [9.17, 15) is 9.59 Å². The van der Waals surface area contributed by atoms with Crippen molar-refractivity contribution < 1.29 is 14.3 Å². The Morgan fingerprint density at radius 2 is 1.73 bits per heavy atom. The number of nitrogens with one attached hydrogen (secondary N) is 1. The van der Waals surface area contributed by atoms with Crippen molar-refractivity contribution in [2.75, 3.05) is 58.8 Å². The van der Waals surface area contributed by atoms with Crippen molar-refractivity contribution >= 4 is 46.6 Å². The smallest absolute Gasteiger partial charge is 0.260 e. The van der Waals surface area contributed by atoms with Crippen LogP contribution in [0.3, 0.4) is 0 Å². The Kier molecular flexibility index (Phi) is 8.73. The fourth-order valence-electron chi connectivity index (χ4n) is 4.46. The van der Waals surface area contributed by atoms with Gasteiger partial charge in [-0.15, -0.1) is 0 Å². The molecule has 1 N–H and O–H groups in total. The number of carbonyl (C=O) groups is 1. The topological polar surface area (TPSA) is 102 Å². The number of halogens is 2. The fourth-order valence-corrected chi connectivity index (χ4v) is 5.16. The summed E-state index contributed by atoms with van der Waals surface area (Å²) in [6.07, 6.45) is 3.28. The molecule has 1 amide bonds. The predicted molar refractivity (Wildman–Crippen MR) is 145 cm³/mol. The minimum Gasteiger partial charge on any atom is -0.495 e. The van der Waals surface area contributed by atoms with Gasteiger partial charge in [0.25, 0.3) is 5.56 Å². The molecule has 3 aromatic rings. The maximum Gasteiger partial charge on any atom is 0.260 e. The summed E-state index contributed by atoms with van der Waals surface area (Å²) in [4.78, 5) is 38.0. The number of fused-ring (bicyclic) bond motifs is 1. The number of carbonyl (C=O) groups excluding carboxylic acids is 1. The van der Waals surface area contributed by atoms with Gasteiger partial charge in [-0.05, 0) is 26.0 Å². The molecule has 3 heterocycles. The van der Waals surface area contributed by atoms with E-state index in [2.05, 4.69) is 20.2 Å². The van der Waals surface area contributed by atoms with Crippen LogP contribution in [0.25, 0.3) is 22.2 Å². The minimum atomic E-state index is -0.279. The van der Waals surface area contributed by atoms with Crippen LogP contribution < -0.4 is 20.3 Å². The average Bonchev–Trinajstić information content (AvgIpc) is 2.91. The highest BCUT2D eigenvalue weighted by Crippen LogP contribution is 2.45. The lowest BCUT2D eigenvalue weighted by Crippen LogP contribution is -2.46. The minimum absolute atomic E-state index is 0.217. The van der Waals surface area contributed by atoms with E-state index in [1.165, 1.54) is 14.2 Å². The number of aryl methyl sites for hydroxylation is 1. The second-order valence-corrected chi connectivity index (χ2v) is 9.39.